The van der Waals surface area contributed by atoms with Gasteiger partial charge in [0.1, 0.15) is 0 Å². The highest BCUT2D eigenvalue weighted by atomic mass is 35.5. The van der Waals surface area contributed by atoms with Gasteiger partial charge in [0.15, 0.2) is 0 Å². The van der Waals surface area contributed by atoms with Gasteiger partial charge >= 0.3 is 6.18 Å². The van der Waals surface area contributed by atoms with Gasteiger partial charge in [0.2, 0.25) is 0 Å². The first-order chi connectivity index (χ1) is 7.86. The third kappa shape index (κ3) is 4.65. The van der Waals surface area contributed by atoms with Crippen LogP contribution >= 0.6 is 24.0 Å². The number of aliphatic hydroxyl groups excluding tert-OH is 1. The Bertz CT molecular complexity index is 385. The number of rotatable bonds is 4. The Morgan fingerprint density at radius 2 is 1.94 bits per heavy atom. The highest BCUT2D eigenvalue weighted by molar-refractivity contribution is 6.31. The van der Waals surface area contributed by atoms with Gasteiger partial charge in [0.25, 0.3) is 0 Å². The summed E-state index contributed by atoms with van der Waals surface area (Å²) in [5, 5.41) is 8.28. The molecular formula is C11H14Cl2F3NO. The zero-order chi connectivity index (χ0) is 13.1. The molecule has 1 aromatic rings. The molecule has 0 heterocycles. The first-order valence-electron chi connectivity index (χ1n) is 5.09. The fourth-order valence-corrected chi connectivity index (χ4v) is 1.77. The maximum Gasteiger partial charge on any atom is 0.417 e. The fraction of sp³-hybridized carbons (Fsp3) is 0.455. The molecule has 0 aromatic heterocycles. The van der Waals surface area contributed by atoms with Crippen LogP contribution in [-0.2, 0) is 6.18 Å². The van der Waals surface area contributed by atoms with Crippen molar-refractivity contribution in [3.05, 3.63) is 34.3 Å². The number of hydrogen-bond acceptors (Lipinski definition) is 2. The van der Waals surface area contributed by atoms with Crippen molar-refractivity contribution in [2.45, 2.75) is 25.1 Å². The van der Waals surface area contributed by atoms with E-state index in [1.165, 1.54) is 12.1 Å². The molecule has 2 nitrogen and oxygen atoms in total. The van der Waals surface area contributed by atoms with E-state index in [1.54, 1.807) is 0 Å². The average molecular weight is 304 g/mol. The van der Waals surface area contributed by atoms with Gasteiger partial charge in [-0.05, 0) is 30.5 Å². The monoisotopic (exact) mass is 303 g/mol. The first kappa shape index (κ1) is 17.5. The van der Waals surface area contributed by atoms with Crippen LogP contribution in [0, 0.1) is 0 Å². The summed E-state index contributed by atoms with van der Waals surface area (Å²) in [5.74, 6) is 0. The second kappa shape index (κ2) is 7.19. The molecule has 7 heteroatoms. The van der Waals surface area contributed by atoms with E-state index in [1.807, 2.05) is 0 Å². The Hall–Kier alpha value is -0.490. The Morgan fingerprint density at radius 1 is 1.33 bits per heavy atom. The molecule has 0 saturated carbocycles. The molecule has 0 saturated heterocycles. The van der Waals surface area contributed by atoms with E-state index in [9.17, 15) is 13.2 Å². The molecular weight excluding hydrogens is 290 g/mol. The van der Waals surface area contributed by atoms with Crippen LogP contribution in [-0.4, -0.2) is 11.7 Å². The van der Waals surface area contributed by atoms with Crippen LogP contribution in [0.5, 0.6) is 0 Å². The van der Waals surface area contributed by atoms with Crippen LogP contribution in [0.4, 0.5) is 13.2 Å². The lowest BCUT2D eigenvalue weighted by atomic mass is 10.0. The van der Waals surface area contributed by atoms with E-state index in [2.05, 4.69) is 0 Å². The molecule has 1 aromatic carbocycles. The molecule has 1 rings (SSSR count). The van der Waals surface area contributed by atoms with Crippen LogP contribution in [0.3, 0.4) is 0 Å². The molecule has 0 amide bonds. The van der Waals surface area contributed by atoms with Gasteiger partial charge in [-0.25, -0.2) is 0 Å². The smallest absolute Gasteiger partial charge is 0.396 e. The summed E-state index contributed by atoms with van der Waals surface area (Å²) in [6, 6.07) is 3.06. The zero-order valence-corrected chi connectivity index (χ0v) is 10.9. The predicted octanol–water partition coefficient (Wildman–Crippen LogP) is 3.55. The van der Waals surface area contributed by atoms with Gasteiger partial charge in [0, 0.05) is 12.6 Å². The average Bonchev–Trinajstić information content (AvgIpc) is 2.23. The standard InChI is InChI=1S/C11H13ClF3NO.ClH/c12-9-6-7(10(16)2-1-5-17)3-4-8(9)11(13,14)15;/h3-4,6,10,17H,1-2,5,16H2;1H/t10-;/m0./s1. The third-order valence-corrected chi connectivity index (χ3v) is 2.71. The highest BCUT2D eigenvalue weighted by Crippen LogP contribution is 2.35. The summed E-state index contributed by atoms with van der Waals surface area (Å²) in [6.45, 7) is 0.00205. The quantitative estimate of drug-likeness (QED) is 0.893. The van der Waals surface area contributed by atoms with Crippen molar-refractivity contribution in [3.8, 4) is 0 Å². The number of benzene rings is 1. The Morgan fingerprint density at radius 3 is 2.39 bits per heavy atom. The van der Waals surface area contributed by atoms with Crippen LogP contribution < -0.4 is 5.73 Å². The van der Waals surface area contributed by atoms with Crippen LogP contribution in [0.25, 0.3) is 0 Å². The molecule has 104 valence electrons. The van der Waals surface area contributed by atoms with Crippen LogP contribution in [0.1, 0.15) is 30.0 Å². The molecule has 3 N–H and O–H groups in total. The maximum atomic E-state index is 12.4. The molecule has 0 bridgehead atoms. The number of aliphatic hydroxyl groups is 1. The Balaban J connectivity index is 0.00000289. The summed E-state index contributed by atoms with van der Waals surface area (Å²) in [5.41, 5.74) is 5.43. The lowest BCUT2D eigenvalue weighted by molar-refractivity contribution is -0.137. The molecule has 0 radical (unpaired) electrons. The lowest BCUT2D eigenvalue weighted by Gasteiger charge is -2.14. The van der Waals surface area contributed by atoms with E-state index in [0.717, 1.165) is 6.07 Å². The maximum absolute atomic E-state index is 12.4. The van der Waals surface area contributed by atoms with Crippen molar-refractivity contribution < 1.29 is 18.3 Å². The van der Waals surface area contributed by atoms with Crippen LogP contribution in [0.2, 0.25) is 5.02 Å². The van der Waals surface area contributed by atoms with Crippen molar-refractivity contribution in [2.75, 3.05) is 6.61 Å². The van der Waals surface area contributed by atoms with Gasteiger partial charge in [0.05, 0.1) is 10.6 Å². The van der Waals surface area contributed by atoms with E-state index in [4.69, 9.17) is 22.4 Å². The topological polar surface area (TPSA) is 46.2 Å². The molecule has 0 fully saturated rings. The number of hydrogen-bond donors (Lipinski definition) is 2. The zero-order valence-electron chi connectivity index (χ0n) is 9.38. The summed E-state index contributed by atoms with van der Waals surface area (Å²) in [4.78, 5) is 0. The van der Waals surface area contributed by atoms with Crippen molar-refractivity contribution in [3.63, 3.8) is 0 Å². The fourth-order valence-electron chi connectivity index (χ4n) is 1.47. The van der Waals surface area contributed by atoms with Crippen molar-refractivity contribution in [1.29, 1.82) is 0 Å². The van der Waals surface area contributed by atoms with Crippen molar-refractivity contribution in [1.82, 2.24) is 0 Å². The minimum atomic E-state index is -4.45. The second-order valence-electron chi connectivity index (χ2n) is 3.71. The minimum absolute atomic E-state index is 0. The molecule has 0 unspecified atom stereocenters. The molecule has 0 aliphatic carbocycles. The molecule has 0 aliphatic heterocycles. The van der Waals surface area contributed by atoms with Crippen LogP contribution in [0.15, 0.2) is 18.2 Å². The third-order valence-electron chi connectivity index (χ3n) is 2.40. The van der Waals surface area contributed by atoms with E-state index >= 15 is 0 Å². The molecule has 0 spiro atoms. The van der Waals surface area contributed by atoms with Gasteiger partial charge in [-0.3, -0.25) is 0 Å². The van der Waals surface area contributed by atoms with Crippen molar-refractivity contribution >= 4 is 24.0 Å². The van der Waals surface area contributed by atoms with Gasteiger partial charge in [-0.1, -0.05) is 17.7 Å². The predicted molar refractivity (Wildman–Crippen MR) is 67.0 cm³/mol. The number of nitrogens with two attached hydrogens (primary N) is 1. The molecule has 18 heavy (non-hydrogen) atoms. The largest absolute Gasteiger partial charge is 0.417 e. The van der Waals surface area contributed by atoms with E-state index in [-0.39, 0.29) is 24.0 Å². The van der Waals surface area contributed by atoms with Gasteiger partial charge < -0.3 is 10.8 Å². The molecule has 0 aliphatic rings. The van der Waals surface area contributed by atoms with Crippen molar-refractivity contribution in [2.24, 2.45) is 5.73 Å². The number of alkyl halides is 3. The van der Waals surface area contributed by atoms with E-state index in [0.29, 0.717) is 18.4 Å². The first-order valence-corrected chi connectivity index (χ1v) is 5.47. The second-order valence-corrected chi connectivity index (χ2v) is 4.12. The highest BCUT2D eigenvalue weighted by Gasteiger charge is 2.33. The normalized spacial score (nSPS) is 13.0. The Labute approximate surface area is 114 Å². The SMILES string of the molecule is Cl.N[C@@H](CCCO)c1ccc(C(F)(F)F)c(Cl)c1. The summed E-state index contributed by atoms with van der Waals surface area (Å²) < 4.78 is 37.3. The summed E-state index contributed by atoms with van der Waals surface area (Å²) >= 11 is 5.57. The van der Waals surface area contributed by atoms with Gasteiger partial charge in [-0.2, -0.15) is 13.2 Å². The summed E-state index contributed by atoms with van der Waals surface area (Å²) in [7, 11) is 0. The lowest BCUT2D eigenvalue weighted by Crippen LogP contribution is -2.12. The molecule has 1 atom stereocenters. The minimum Gasteiger partial charge on any atom is -0.396 e. The summed E-state index contributed by atoms with van der Waals surface area (Å²) in [6.07, 6.45) is -3.46. The Kier molecular flexibility index (Phi) is 6.99. The van der Waals surface area contributed by atoms with E-state index < -0.39 is 17.8 Å². The number of halogens is 5. The van der Waals surface area contributed by atoms with Gasteiger partial charge in [-0.15, -0.1) is 12.4 Å².